The molecule has 1 amide bonds. The van der Waals surface area contributed by atoms with E-state index in [1.54, 1.807) is 18.7 Å². The van der Waals surface area contributed by atoms with E-state index in [-0.39, 0.29) is 31.1 Å². The van der Waals surface area contributed by atoms with Gasteiger partial charge in [0.2, 0.25) is 5.91 Å². The number of carbonyl (C=O) groups excluding carboxylic acids is 3. The van der Waals surface area contributed by atoms with Gasteiger partial charge in [0, 0.05) is 6.04 Å². The third-order valence-corrected chi connectivity index (χ3v) is 6.43. The standard InChI is InChI=1S/C30H40N2O5/c1-6-36-29(35)26(17-16-22-12-8-7-9-13-22)31-21(2)28(34)32(20-27(33)37-30(3,4)5)25-18-23-14-10-11-15-24(23)19-25/h7-15,21,25-26,31H,6,16-20H2,1-5H3/t21-,26-/m0/s1. The van der Waals surface area contributed by atoms with Gasteiger partial charge in [0.15, 0.2) is 0 Å². The number of aryl methyl sites for hydroxylation is 1. The number of ether oxygens (including phenoxy) is 2. The second kappa shape index (κ2) is 12.9. The minimum Gasteiger partial charge on any atom is -0.465 e. The highest BCUT2D eigenvalue weighted by molar-refractivity contribution is 5.87. The average Bonchev–Trinajstić information content (AvgIpc) is 3.28. The average molecular weight is 509 g/mol. The van der Waals surface area contributed by atoms with Crippen molar-refractivity contribution in [2.24, 2.45) is 0 Å². The van der Waals surface area contributed by atoms with Gasteiger partial charge in [0.1, 0.15) is 18.2 Å². The van der Waals surface area contributed by atoms with Gasteiger partial charge >= 0.3 is 11.9 Å². The molecule has 7 nitrogen and oxygen atoms in total. The van der Waals surface area contributed by atoms with Crippen molar-refractivity contribution >= 4 is 17.8 Å². The van der Waals surface area contributed by atoms with Gasteiger partial charge < -0.3 is 14.4 Å². The van der Waals surface area contributed by atoms with Crippen LogP contribution in [0, 0.1) is 0 Å². The van der Waals surface area contributed by atoms with Crippen molar-refractivity contribution in [2.75, 3.05) is 13.2 Å². The Kier molecular flexibility index (Phi) is 9.86. The van der Waals surface area contributed by atoms with Crippen molar-refractivity contribution in [3.8, 4) is 0 Å². The van der Waals surface area contributed by atoms with Crippen LogP contribution >= 0.6 is 0 Å². The minimum absolute atomic E-state index is 0.144. The van der Waals surface area contributed by atoms with E-state index in [1.165, 1.54) is 11.1 Å². The minimum atomic E-state index is -0.698. The first-order valence-electron chi connectivity index (χ1n) is 13.1. The Morgan fingerprint density at radius 2 is 1.59 bits per heavy atom. The molecule has 0 fully saturated rings. The van der Waals surface area contributed by atoms with Crippen molar-refractivity contribution < 1.29 is 23.9 Å². The summed E-state index contributed by atoms with van der Waals surface area (Å²) in [5, 5.41) is 3.20. The van der Waals surface area contributed by atoms with Gasteiger partial charge in [0.05, 0.1) is 12.6 Å². The molecule has 200 valence electrons. The molecule has 0 unspecified atom stereocenters. The summed E-state index contributed by atoms with van der Waals surface area (Å²) in [6.45, 7) is 9.04. The zero-order valence-corrected chi connectivity index (χ0v) is 22.7. The summed E-state index contributed by atoms with van der Waals surface area (Å²) < 4.78 is 10.8. The monoisotopic (exact) mass is 508 g/mol. The summed E-state index contributed by atoms with van der Waals surface area (Å²) in [7, 11) is 0. The molecule has 1 aliphatic carbocycles. The number of nitrogens with zero attached hydrogens (tertiary/aromatic N) is 1. The van der Waals surface area contributed by atoms with E-state index in [2.05, 4.69) is 17.4 Å². The smallest absolute Gasteiger partial charge is 0.326 e. The van der Waals surface area contributed by atoms with E-state index in [4.69, 9.17) is 9.47 Å². The molecule has 0 spiro atoms. The van der Waals surface area contributed by atoms with Crippen molar-refractivity contribution in [3.63, 3.8) is 0 Å². The molecule has 0 aromatic heterocycles. The van der Waals surface area contributed by atoms with Gasteiger partial charge in [-0.15, -0.1) is 0 Å². The SMILES string of the molecule is CCOC(=O)[C@H](CCc1ccccc1)N[C@@H](C)C(=O)N(CC(=O)OC(C)(C)C)C1Cc2ccccc2C1. The molecule has 2 atom stereocenters. The van der Waals surface area contributed by atoms with Gasteiger partial charge in [-0.2, -0.15) is 0 Å². The predicted octanol–water partition coefficient (Wildman–Crippen LogP) is 3.87. The lowest BCUT2D eigenvalue weighted by Gasteiger charge is -2.33. The maximum Gasteiger partial charge on any atom is 0.326 e. The van der Waals surface area contributed by atoms with E-state index in [0.29, 0.717) is 25.7 Å². The first-order chi connectivity index (χ1) is 17.6. The predicted molar refractivity (Wildman–Crippen MR) is 143 cm³/mol. The van der Waals surface area contributed by atoms with E-state index in [0.717, 1.165) is 5.56 Å². The Labute approximate surface area is 220 Å². The molecule has 0 heterocycles. The molecule has 37 heavy (non-hydrogen) atoms. The molecular formula is C30H40N2O5. The maximum atomic E-state index is 13.8. The van der Waals surface area contributed by atoms with Crippen LogP contribution in [0.4, 0.5) is 0 Å². The Morgan fingerprint density at radius 1 is 1.00 bits per heavy atom. The lowest BCUT2D eigenvalue weighted by Crippen LogP contribution is -2.55. The first-order valence-corrected chi connectivity index (χ1v) is 13.1. The van der Waals surface area contributed by atoms with Gasteiger partial charge in [-0.05, 0) is 77.0 Å². The highest BCUT2D eigenvalue weighted by Gasteiger charge is 2.35. The molecule has 0 saturated carbocycles. The van der Waals surface area contributed by atoms with Crippen LogP contribution in [0.2, 0.25) is 0 Å². The van der Waals surface area contributed by atoms with Crippen LogP contribution in [-0.4, -0.2) is 59.6 Å². The van der Waals surface area contributed by atoms with Crippen molar-refractivity contribution in [2.45, 2.75) is 84.0 Å². The number of fused-ring (bicyclic) bond motifs is 1. The van der Waals surface area contributed by atoms with Crippen molar-refractivity contribution in [3.05, 3.63) is 71.3 Å². The second-order valence-electron chi connectivity index (χ2n) is 10.6. The van der Waals surface area contributed by atoms with E-state index >= 15 is 0 Å². The van der Waals surface area contributed by atoms with Gasteiger partial charge in [-0.3, -0.25) is 19.7 Å². The molecule has 0 radical (unpaired) electrons. The summed E-state index contributed by atoms with van der Waals surface area (Å²) in [5.41, 5.74) is 2.82. The Bertz CT molecular complexity index is 1040. The molecule has 0 bridgehead atoms. The number of nitrogens with one attached hydrogen (secondary N) is 1. The Hall–Kier alpha value is -3.19. The van der Waals surface area contributed by atoms with Gasteiger partial charge in [0.25, 0.3) is 0 Å². The fourth-order valence-corrected chi connectivity index (χ4v) is 4.75. The summed E-state index contributed by atoms with van der Waals surface area (Å²) in [6, 6.07) is 16.5. The largest absolute Gasteiger partial charge is 0.465 e. The van der Waals surface area contributed by atoms with E-state index in [9.17, 15) is 14.4 Å². The number of hydrogen-bond acceptors (Lipinski definition) is 6. The van der Waals surface area contributed by atoms with Crippen LogP contribution in [0.15, 0.2) is 54.6 Å². The number of amides is 1. The number of rotatable bonds is 11. The number of carbonyl (C=O) groups is 3. The molecule has 1 N–H and O–H groups in total. The Balaban J connectivity index is 1.75. The molecule has 7 heteroatoms. The van der Waals surface area contributed by atoms with Crippen molar-refractivity contribution in [1.29, 1.82) is 0 Å². The van der Waals surface area contributed by atoms with Crippen LogP contribution in [-0.2, 0) is 43.1 Å². The highest BCUT2D eigenvalue weighted by atomic mass is 16.6. The summed E-state index contributed by atoms with van der Waals surface area (Å²) >= 11 is 0. The summed E-state index contributed by atoms with van der Waals surface area (Å²) in [4.78, 5) is 40.9. The molecule has 2 aromatic rings. The third kappa shape index (κ3) is 8.42. The molecule has 1 aliphatic rings. The normalized spacial score (nSPS) is 14.9. The molecule has 2 aromatic carbocycles. The second-order valence-corrected chi connectivity index (χ2v) is 10.6. The molecule has 0 saturated heterocycles. The fourth-order valence-electron chi connectivity index (χ4n) is 4.75. The first kappa shape index (κ1) is 28.4. The fraction of sp³-hybridized carbons (Fsp3) is 0.500. The summed E-state index contributed by atoms with van der Waals surface area (Å²) in [6.07, 6.45) is 2.50. The van der Waals surface area contributed by atoms with Crippen LogP contribution in [0.1, 0.15) is 57.7 Å². The van der Waals surface area contributed by atoms with E-state index in [1.807, 2.05) is 63.2 Å². The van der Waals surface area contributed by atoms with E-state index < -0.39 is 23.7 Å². The van der Waals surface area contributed by atoms with Crippen LogP contribution in [0.3, 0.4) is 0 Å². The number of esters is 2. The topological polar surface area (TPSA) is 84.9 Å². The molecule has 0 aliphatic heterocycles. The van der Waals surface area contributed by atoms with Gasteiger partial charge in [-0.1, -0.05) is 54.6 Å². The lowest BCUT2D eigenvalue weighted by atomic mass is 10.0. The third-order valence-electron chi connectivity index (χ3n) is 6.43. The number of benzene rings is 2. The summed E-state index contributed by atoms with van der Waals surface area (Å²) in [5.74, 6) is -1.07. The van der Waals surface area contributed by atoms with Crippen LogP contribution in [0.5, 0.6) is 0 Å². The zero-order chi connectivity index (χ0) is 27.0. The Morgan fingerprint density at radius 3 is 2.16 bits per heavy atom. The maximum absolute atomic E-state index is 13.8. The zero-order valence-electron chi connectivity index (χ0n) is 22.7. The lowest BCUT2D eigenvalue weighted by molar-refractivity contribution is -0.160. The van der Waals surface area contributed by atoms with Gasteiger partial charge in [-0.25, -0.2) is 0 Å². The number of hydrogen-bond donors (Lipinski definition) is 1. The van der Waals surface area contributed by atoms with Crippen LogP contribution in [0.25, 0.3) is 0 Å². The molecular weight excluding hydrogens is 468 g/mol. The molecule has 3 rings (SSSR count). The highest BCUT2D eigenvalue weighted by Crippen LogP contribution is 2.26. The van der Waals surface area contributed by atoms with Crippen LogP contribution < -0.4 is 5.32 Å². The van der Waals surface area contributed by atoms with Crippen molar-refractivity contribution in [1.82, 2.24) is 10.2 Å². The quantitative estimate of drug-likeness (QED) is 0.464.